The van der Waals surface area contributed by atoms with E-state index in [-0.39, 0.29) is 11.7 Å². The number of ether oxygens (including phenoxy) is 1. The quantitative estimate of drug-likeness (QED) is 0.635. The molecule has 2 atom stereocenters. The Kier molecular flexibility index (Phi) is 6.21. The number of carbonyl (C=O) groups excluding carboxylic acids is 1. The van der Waals surface area contributed by atoms with Crippen LogP contribution in [0, 0.1) is 5.82 Å². The topological polar surface area (TPSA) is 56.1 Å². The van der Waals surface area contributed by atoms with Gasteiger partial charge in [-0.1, -0.05) is 35.3 Å². The Labute approximate surface area is 172 Å². The molecule has 0 fully saturated rings. The maximum atomic E-state index is 13.3. The molecule has 0 aliphatic heterocycles. The number of amides is 1. The summed E-state index contributed by atoms with van der Waals surface area (Å²) in [5.74, 6) is 0.229. The number of halogens is 3. The van der Waals surface area contributed by atoms with Gasteiger partial charge in [-0.05, 0) is 42.8 Å². The summed E-state index contributed by atoms with van der Waals surface area (Å²) in [4.78, 5) is 17.1. The number of rotatable bonds is 6. The second-order valence-electron chi connectivity index (χ2n) is 6.22. The van der Waals surface area contributed by atoms with Crippen molar-refractivity contribution in [1.29, 1.82) is 0 Å². The normalized spacial score (nSPS) is 13.0. The summed E-state index contributed by atoms with van der Waals surface area (Å²) in [7, 11) is 1.82. The first-order valence-electron chi connectivity index (χ1n) is 8.50. The Morgan fingerprint density at radius 2 is 1.93 bits per heavy atom. The van der Waals surface area contributed by atoms with E-state index in [1.807, 2.05) is 7.05 Å². The zero-order chi connectivity index (χ0) is 20.3. The minimum absolute atomic E-state index is 0.311. The summed E-state index contributed by atoms with van der Waals surface area (Å²) in [6, 6.07) is 10.1. The third-order valence-corrected chi connectivity index (χ3v) is 4.70. The largest absolute Gasteiger partial charge is 0.479 e. The highest BCUT2D eigenvalue weighted by molar-refractivity contribution is 6.35. The number of aromatic nitrogens is 2. The minimum Gasteiger partial charge on any atom is -0.479 e. The molecule has 3 rings (SSSR count). The van der Waals surface area contributed by atoms with Gasteiger partial charge in [-0.15, -0.1) is 0 Å². The lowest BCUT2D eigenvalue weighted by Crippen LogP contribution is -2.39. The zero-order valence-electron chi connectivity index (χ0n) is 15.2. The fourth-order valence-corrected chi connectivity index (χ4v) is 3.13. The van der Waals surface area contributed by atoms with Crippen LogP contribution in [0.2, 0.25) is 10.0 Å². The Bertz CT molecular complexity index is 976. The third-order valence-electron chi connectivity index (χ3n) is 4.17. The van der Waals surface area contributed by atoms with E-state index >= 15 is 0 Å². The van der Waals surface area contributed by atoms with Crippen molar-refractivity contribution in [2.24, 2.45) is 7.05 Å². The van der Waals surface area contributed by atoms with E-state index in [1.54, 1.807) is 48.1 Å². The molecule has 8 heteroatoms. The molecule has 1 heterocycles. The lowest BCUT2D eigenvalue weighted by molar-refractivity contribution is -0.127. The molecule has 2 aromatic carbocycles. The van der Waals surface area contributed by atoms with Crippen molar-refractivity contribution < 1.29 is 13.9 Å². The standard InChI is InChI=1S/C20H18Cl2FN3O2/c1-12(28-17-8-5-14(21)11-16(17)22)20(27)25-18(19-24-9-10-26(19)2)13-3-6-15(23)7-4-13/h3-12,18H,1-2H3,(H,25,27)/t12-,18+/m0/s1. The van der Waals surface area contributed by atoms with Crippen molar-refractivity contribution in [1.82, 2.24) is 14.9 Å². The number of hydrogen-bond acceptors (Lipinski definition) is 3. The van der Waals surface area contributed by atoms with Gasteiger partial charge in [0.2, 0.25) is 0 Å². The van der Waals surface area contributed by atoms with Crippen LogP contribution >= 0.6 is 23.2 Å². The molecular formula is C20H18Cl2FN3O2. The van der Waals surface area contributed by atoms with Crippen LogP contribution in [-0.4, -0.2) is 21.6 Å². The Hall–Kier alpha value is -2.57. The SMILES string of the molecule is C[C@H](Oc1ccc(Cl)cc1Cl)C(=O)N[C@H](c1ccc(F)cc1)c1nccn1C. The van der Waals surface area contributed by atoms with Crippen LogP contribution in [0.3, 0.4) is 0 Å². The van der Waals surface area contributed by atoms with Crippen molar-refractivity contribution in [3.63, 3.8) is 0 Å². The van der Waals surface area contributed by atoms with E-state index in [2.05, 4.69) is 10.3 Å². The van der Waals surface area contributed by atoms with Gasteiger partial charge < -0.3 is 14.6 Å². The molecule has 5 nitrogen and oxygen atoms in total. The van der Waals surface area contributed by atoms with Gasteiger partial charge in [-0.2, -0.15) is 0 Å². The third kappa shape index (κ3) is 4.64. The fourth-order valence-electron chi connectivity index (χ4n) is 2.68. The number of nitrogens with one attached hydrogen (secondary N) is 1. The monoisotopic (exact) mass is 421 g/mol. The van der Waals surface area contributed by atoms with Gasteiger partial charge in [0.05, 0.1) is 5.02 Å². The number of aryl methyl sites for hydroxylation is 1. The molecule has 3 aromatic rings. The molecule has 0 aliphatic carbocycles. The lowest BCUT2D eigenvalue weighted by atomic mass is 10.1. The first-order valence-corrected chi connectivity index (χ1v) is 9.25. The summed E-state index contributed by atoms with van der Waals surface area (Å²) in [5.41, 5.74) is 0.695. The van der Waals surface area contributed by atoms with Crippen molar-refractivity contribution in [2.75, 3.05) is 0 Å². The molecule has 0 radical (unpaired) electrons. The average molecular weight is 422 g/mol. The second kappa shape index (κ2) is 8.63. The highest BCUT2D eigenvalue weighted by Gasteiger charge is 2.25. The molecule has 0 aliphatic rings. The van der Waals surface area contributed by atoms with E-state index < -0.39 is 12.1 Å². The summed E-state index contributed by atoms with van der Waals surface area (Å²) in [6.45, 7) is 1.61. The predicted octanol–water partition coefficient (Wildman–Crippen LogP) is 4.54. The van der Waals surface area contributed by atoms with Gasteiger partial charge in [0.25, 0.3) is 5.91 Å². The molecule has 1 amide bonds. The van der Waals surface area contributed by atoms with Gasteiger partial charge in [0, 0.05) is 24.5 Å². The van der Waals surface area contributed by atoms with E-state index in [1.165, 1.54) is 18.2 Å². The molecule has 1 N–H and O–H groups in total. The molecule has 0 saturated heterocycles. The Morgan fingerprint density at radius 1 is 1.21 bits per heavy atom. The average Bonchev–Trinajstić information content (AvgIpc) is 3.08. The van der Waals surface area contributed by atoms with Gasteiger partial charge in [-0.25, -0.2) is 9.37 Å². The molecule has 0 saturated carbocycles. The first-order chi connectivity index (χ1) is 13.3. The summed E-state index contributed by atoms with van der Waals surface area (Å²) < 4.78 is 20.8. The van der Waals surface area contributed by atoms with Crippen LogP contribution in [-0.2, 0) is 11.8 Å². The molecule has 0 bridgehead atoms. The highest BCUT2D eigenvalue weighted by atomic mass is 35.5. The van der Waals surface area contributed by atoms with Gasteiger partial charge in [-0.3, -0.25) is 4.79 Å². The Balaban J connectivity index is 1.80. The van der Waals surface area contributed by atoms with E-state index in [0.29, 0.717) is 27.2 Å². The number of nitrogens with zero attached hydrogens (tertiary/aromatic N) is 2. The van der Waals surface area contributed by atoms with Crippen LogP contribution in [0.5, 0.6) is 5.75 Å². The molecule has 28 heavy (non-hydrogen) atoms. The van der Waals surface area contributed by atoms with Crippen LogP contribution in [0.25, 0.3) is 0 Å². The van der Waals surface area contributed by atoms with E-state index in [0.717, 1.165) is 0 Å². The maximum Gasteiger partial charge on any atom is 0.261 e. The van der Waals surface area contributed by atoms with Crippen molar-refractivity contribution in [2.45, 2.75) is 19.1 Å². The fraction of sp³-hybridized carbons (Fsp3) is 0.200. The maximum absolute atomic E-state index is 13.3. The van der Waals surface area contributed by atoms with Crippen molar-refractivity contribution in [3.8, 4) is 5.75 Å². The lowest BCUT2D eigenvalue weighted by Gasteiger charge is -2.22. The molecule has 1 aromatic heterocycles. The molecular weight excluding hydrogens is 404 g/mol. The molecule has 0 spiro atoms. The molecule has 0 unspecified atom stereocenters. The smallest absolute Gasteiger partial charge is 0.261 e. The van der Waals surface area contributed by atoms with Gasteiger partial charge in [0.15, 0.2) is 6.10 Å². The minimum atomic E-state index is -0.832. The first kappa shape index (κ1) is 20.2. The molecule has 146 valence electrons. The summed E-state index contributed by atoms with van der Waals surface area (Å²) in [6.07, 6.45) is 2.57. The van der Waals surface area contributed by atoms with E-state index in [4.69, 9.17) is 27.9 Å². The van der Waals surface area contributed by atoms with Crippen LogP contribution in [0.15, 0.2) is 54.9 Å². The second-order valence-corrected chi connectivity index (χ2v) is 7.07. The van der Waals surface area contributed by atoms with Crippen molar-refractivity contribution >= 4 is 29.1 Å². The predicted molar refractivity (Wildman–Crippen MR) is 106 cm³/mol. The van der Waals surface area contributed by atoms with Crippen LogP contribution in [0.4, 0.5) is 4.39 Å². The highest BCUT2D eigenvalue weighted by Crippen LogP contribution is 2.28. The zero-order valence-corrected chi connectivity index (χ0v) is 16.7. The number of carbonyl (C=O) groups is 1. The number of hydrogen-bond donors (Lipinski definition) is 1. The van der Waals surface area contributed by atoms with Crippen LogP contribution in [0.1, 0.15) is 24.4 Å². The van der Waals surface area contributed by atoms with E-state index in [9.17, 15) is 9.18 Å². The summed E-state index contributed by atoms with van der Waals surface area (Å²) in [5, 5.41) is 3.69. The van der Waals surface area contributed by atoms with Crippen molar-refractivity contribution in [3.05, 3.63) is 82.1 Å². The Morgan fingerprint density at radius 3 is 2.54 bits per heavy atom. The number of imidazole rings is 1. The van der Waals surface area contributed by atoms with Gasteiger partial charge >= 0.3 is 0 Å². The number of benzene rings is 2. The van der Waals surface area contributed by atoms with Crippen LogP contribution < -0.4 is 10.1 Å². The van der Waals surface area contributed by atoms with Gasteiger partial charge in [0.1, 0.15) is 23.4 Å². The summed E-state index contributed by atoms with van der Waals surface area (Å²) >= 11 is 12.0.